The Bertz CT molecular complexity index is 1320. The van der Waals surface area contributed by atoms with Gasteiger partial charge in [0.25, 0.3) is 0 Å². The quantitative estimate of drug-likeness (QED) is 0.358. The number of para-hydroxylation sites is 2. The Morgan fingerprint density at radius 1 is 0.731 bits per heavy atom. The lowest BCUT2D eigenvalue weighted by Gasteiger charge is -2.14. The molecule has 6 heteroatoms. The van der Waals surface area contributed by atoms with E-state index in [1.807, 2.05) is 36.4 Å². The minimum Gasteiger partial charge on any atom is -0.492 e. The van der Waals surface area contributed by atoms with Crippen LogP contribution >= 0.6 is 0 Å². The molecule has 5 rings (SSSR count). The van der Waals surface area contributed by atoms with Crippen LogP contribution in [0.3, 0.4) is 0 Å². The van der Waals surface area contributed by atoms with Crippen molar-refractivity contribution < 1.29 is 9.47 Å². The second kappa shape index (κ2) is 5.49. The van der Waals surface area contributed by atoms with Gasteiger partial charge in [-0.05, 0) is 24.3 Å². The zero-order chi connectivity index (χ0) is 17.7. The number of aromatic nitrogens is 4. The van der Waals surface area contributed by atoms with Crippen molar-refractivity contribution in [3.63, 3.8) is 0 Å². The smallest absolute Gasteiger partial charge is 0.179 e. The molecule has 6 nitrogen and oxygen atoms in total. The van der Waals surface area contributed by atoms with Gasteiger partial charge >= 0.3 is 0 Å². The van der Waals surface area contributed by atoms with Crippen molar-refractivity contribution in [2.45, 2.75) is 0 Å². The normalized spacial score (nSPS) is 11.5. The molecule has 5 aromatic rings. The molecule has 0 bridgehead atoms. The van der Waals surface area contributed by atoms with E-state index < -0.39 is 0 Å². The van der Waals surface area contributed by atoms with Crippen molar-refractivity contribution in [1.82, 2.24) is 19.9 Å². The molecule has 0 aliphatic carbocycles. The summed E-state index contributed by atoms with van der Waals surface area (Å²) in [7, 11) is 3.20. The van der Waals surface area contributed by atoms with Gasteiger partial charge in [0.1, 0.15) is 11.0 Å². The molecule has 2 aromatic carbocycles. The first kappa shape index (κ1) is 14.8. The molecule has 26 heavy (non-hydrogen) atoms. The average molecular weight is 342 g/mol. The van der Waals surface area contributed by atoms with Crippen molar-refractivity contribution in [1.29, 1.82) is 0 Å². The lowest BCUT2D eigenvalue weighted by atomic mass is 10.1. The molecule has 0 saturated carbocycles. The summed E-state index contributed by atoms with van der Waals surface area (Å²) >= 11 is 0. The van der Waals surface area contributed by atoms with Crippen molar-refractivity contribution in [3.05, 3.63) is 48.8 Å². The molecule has 0 atom stereocenters. The fraction of sp³-hybridized carbons (Fsp3) is 0.100. The lowest BCUT2D eigenvalue weighted by Crippen LogP contribution is -1.98. The van der Waals surface area contributed by atoms with E-state index in [2.05, 4.69) is 9.97 Å². The average Bonchev–Trinajstić information content (AvgIpc) is 2.71. The Kier molecular flexibility index (Phi) is 3.12. The predicted molar refractivity (Wildman–Crippen MR) is 101 cm³/mol. The van der Waals surface area contributed by atoms with Gasteiger partial charge in [-0.1, -0.05) is 12.1 Å². The Morgan fingerprint density at radius 3 is 2.23 bits per heavy atom. The molecule has 0 aliphatic rings. The number of methoxy groups -OCH3 is 2. The van der Waals surface area contributed by atoms with Crippen molar-refractivity contribution in [2.75, 3.05) is 14.2 Å². The van der Waals surface area contributed by atoms with E-state index >= 15 is 0 Å². The molecule has 0 unspecified atom stereocenters. The molecule has 3 aromatic heterocycles. The minimum atomic E-state index is 0.548. The second-order valence-electron chi connectivity index (χ2n) is 5.89. The van der Waals surface area contributed by atoms with E-state index in [0.717, 1.165) is 43.9 Å². The Hall–Kier alpha value is -3.54. The molecule has 0 fully saturated rings. The van der Waals surface area contributed by atoms with Crippen LogP contribution in [0.5, 0.6) is 11.5 Å². The molecular weight excluding hydrogens is 328 g/mol. The number of fused-ring (bicyclic) bond motifs is 7. The molecular formula is C20H14N4O2. The SMILES string of the molecule is COc1cnc2c3ncccc3c3nc4ccccc4nc3c2c1OC. The predicted octanol–water partition coefficient (Wildman–Crippen LogP) is 3.90. The van der Waals surface area contributed by atoms with Gasteiger partial charge in [0.05, 0.1) is 47.9 Å². The highest BCUT2D eigenvalue weighted by molar-refractivity contribution is 6.23. The van der Waals surface area contributed by atoms with Crippen LogP contribution in [-0.4, -0.2) is 34.2 Å². The summed E-state index contributed by atoms with van der Waals surface area (Å²) in [4.78, 5) is 18.9. The highest BCUT2D eigenvalue weighted by Gasteiger charge is 2.20. The molecule has 0 N–H and O–H groups in total. The standard InChI is InChI=1S/C20H14N4O2/c1-25-14-10-22-18-15(20(14)26-2)19-17(11-6-5-9-21-16(11)18)23-12-7-3-4-8-13(12)24-19/h3-10H,1-2H3. The Morgan fingerprint density at radius 2 is 1.50 bits per heavy atom. The fourth-order valence-corrected chi connectivity index (χ4v) is 3.37. The van der Waals surface area contributed by atoms with Crippen LogP contribution < -0.4 is 9.47 Å². The van der Waals surface area contributed by atoms with Crippen LogP contribution in [0.2, 0.25) is 0 Å². The van der Waals surface area contributed by atoms with Crippen molar-refractivity contribution >= 4 is 43.9 Å². The fourth-order valence-electron chi connectivity index (χ4n) is 3.37. The third-order valence-electron chi connectivity index (χ3n) is 4.52. The third kappa shape index (κ3) is 1.92. The summed E-state index contributed by atoms with van der Waals surface area (Å²) < 4.78 is 11.1. The first-order chi connectivity index (χ1) is 12.8. The number of ether oxygens (including phenoxy) is 2. The summed E-state index contributed by atoms with van der Waals surface area (Å²) in [5.41, 5.74) is 4.62. The number of pyridine rings is 2. The van der Waals surface area contributed by atoms with Gasteiger partial charge in [0.15, 0.2) is 11.5 Å². The van der Waals surface area contributed by atoms with Crippen molar-refractivity contribution in [3.8, 4) is 11.5 Å². The highest BCUT2D eigenvalue weighted by atomic mass is 16.5. The minimum absolute atomic E-state index is 0.548. The lowest BCUT2D eigenvalue weighted by molar-refractivity contribution is 0.357. The summed E-state index contributed by atoms with van der Waals surface area (Å²) in [6.45, 7) is 0. The largest absolute Gasteiger partial charge is 0.492 e. The van der Waals surface area contributed by atoms with E-state index in [-0.39, 0.29) is 0 Å². The van der Waals surface area contributed by atoms with Gasteiger partial charge < -0.3 is 9.47 Å². The van der Waals surface area contributed by atoms with E-state index in [0.29, 0.717) is 11.5 Å². The summed E-state index contributed by atoms with van der Waals surface area (Å²) in [6, 6.07) is 11.7. The number of hydrogen-bond donors (Lipinski definition) is 0. The maximum absolute atomic E-state index is 5.66. The molecule has 0 saturated heterocycles. The van der Waals surface area contributed by atoms with Gasteiger partial charge in [-0.3, -0.25) is 4.98 Å². The van der Waals surface area contributed by atoms with Crippen molar-refractivity contribution in [2.24, 2.45) is 0 Å². The molecule has 0 radical (unpaired) electrons. The topological polar surface area (TPSA) is 70.0 Å². The molecule has 0 aliphatic heterocycles. The molecule has 3 heterocycles. The van der Waals surface area contributed by atoms with E-state index in [1.54, 1.807) is 26.6 Å². The highest BCUT2D eigenvalue weighted by Crippen LogP contribution is 2.41. The molecule has 0 amide bonds. The number of nitrogens with zero attached hydrogens (tertiary/aromatic N) is 4. The zero-order valence-corrected chi connectivity index (χ0v) is 14.2. The van der Waals surface area contributed by atoms with E-state index in [1.165, 1.54) is 0 Å². The van der Waals surface area contributed by atoms with Crippen LogP contribution in [-0.2, 0) is 0 Å². The first-order valence-electron chi connectivity index (χ1n) is 8.15. The summed E-state index contributed by atoms with van der Waals surface area (Å²) in [6.07, 6.45) is 3.40. The Labute approximate surface area is 148 Å². The van der Waals surface area contributed by atoms with Gasteiger partial charge in [-0.25, -0.2) is 15.0 Å². The zero-order valence-electron chi connectivity index (χ0n) is 14.2. The second-order valence-corrected chi connectivity index (χ2v) is 5.89. The van der Waals surface area contributed by atoms with Crippen LogP contribution in [0.1, 0.15) is 0 Å². The number of benzene rings is 2. The molecule has 0 spiro atoms. The van der Waals surface area contributed by atoms with Gasteiger partial charge in [0.2, 0.25) is 0 Å². The van der Waals surface area contributed by atoms with Gasteiger partial charge in [0, 0.05) is 11.6 Å². The number of hydrogen-bond acceptors (Lipinski definition) is 6. The van der Waals surface area contributed by atoms with Crippen LogP contribution in [0.15, 0.2) is 48.8 Å². The van der Waals surface area contributed by atoms with Crippen LogP contribution in [0.25, 0.3) is 43.9 Å². The maximum Gasteiger partial charge on any atom is 0.179 e. The van der Waals surface area contributed by atoms with Crippen LogP contribution in [0.4, 0.5) is 0 Å². The third-order valence-corrected chi connectivity index (χ3v) is 4.52. The summed E-state index contributed by atoms with van der Waals surface area (Å²) in [5.74, 6) is 1.13. The van der Waals surface area contributed by atoms with E-state index in [9.17, 15) is 0 Å². The molecule has 126 valence electrons. The van der Waals surface area contributed by atoms with Gasteiger partial charge in [-0.15, -0.1) is 0 Å². The van der Waals surface area contributed by atoms with Gasteiger partial charge in [-0.2, -0.15) is 0 Å². The monoisotopic (exact) mass is 342 g/mol. The first-order valence-corrected chi connectivity index (χ1v) is 8.15. The maximum atomic E-state index is 5.66. The number of rotatable bonds is 2. The van der Waals surface area contributed by atoms with Crippen LogP contribution in [0, 0.1) is 0 Å². The Balaban J connectivity index is 2.14. The van der Waals surface area contributed by atoms with E-state index in [4.69, 9.17) is 19.4 Å². The summed E-state index contributed by atoms with van der Waals surface area (Å²) in [5, 5.41) is 1.67.